The van der Waals surface area contributed by atoms with Crippen molar-refractivity contribution < 1.29 is 9.53 Å². The number of nitrogens with one attached hydrogen (secondary N) is 2. The summed E-state index contributed by atoms with van der Waals surface area (Å²) in [6.45, 7) is 4.57. The Morgan fingerprint density at radius 2 is 2.00 bits per heavy atom. The van der Waals surface area contributed by atoms with Crippen molar-refractivity contribution in [2.45, 2.75) is 45.6 Å². The van der Waals surface area contributed by atoms with Crippen molar-refractivity contribution in [3.8, 4) is 5.75 Å². The van der Waals surface area contributed by atoms with Crippen LogP contribution in [-0.4, -0.2) is 19.6 Å². The molecule has 4 nitrogen and oxygen atoms in total. The van der Waals surface area contributed by atoms with Crippen molar-refractivity contribution in [1.29, 1.82) is 0 Å². The minimum absolute atomic E-state index is 0.0840. The highest BCUT2D eigenvalue weighted by atomic mass is 16.5. The minimum atomic E-state index is -0.0840. The van der Waals surface area contributed by atoms with E-state index in [0.717, 1.165) is 11.4 Å². The fraction of sp³-hybridized carbons (Fsp3) is 0.588. The van der Waals surface area contributed by atoms with Gasteiger partial charge in [-0.15, -0.1) is 0 Å². The standard InChI is InChI=1S/C17H26N2O2/c1-4-6-12(7-5-2)17(18-3)13-8-9-15-14(10-13)19-16(20)11-21-15/h8-10,12,17-18H,4-7,11H2,1-3H3,(H,19,20). The molecule has 1 aromatic carbocycles. The Morgan fingerprint density at radius 1 is 1.29 bits per heavy atom. The van der Waals surface area contributed by atoms with Gasteiger partial charge in [-0.2, -0.15) is 0 Å². The molecule has 0 spiro atoms. The van der Waals surface area contributed by atoms with Crippen molar-refractivity contribution in [2.24, 2.45) is 5.92 Å². The highest BCUT2D eigenvalue weighted by Gasteiger charge is 2.23. The summed E-state index contributed by atoms with van der Waals surface area (Å²) in [4.78, 5) is 11.5. The monoisotopic (exact) mass is 290 g/mol. The third-order valence-electron chi connectivity index (χ3n) is 4.10. The van der Waals surface area contributed by atoms with Crippen LogP contribution in [0.4, 0.5) is 5.69 Å². The molecule has 0 saturated carbocycles. The topological polar surface area (TPSA) is 50.4 Å². The lowest BCUT2D eigenvalue weighted by Crippen LogP contribution is -2.27. The molecule has 1 atom stereocenters. The quantitative estimate of drug-likeness (QED) is 0.808. The lowest BCUT2D eigenvalue weighted by Gasteiger charge is -2.28. The van der Waals surface area contributed by atoms with Gasteiger partial charge in [0.05, 0.1) is 5.69 Å². The summed E-state index contributed by atoms with van der Waals surface area (Å²) in [6, 6.07) is 6.43. The van der Waals surface area contributed by atoms with E-state index < -0.39 is 0 Å². The van der Waals surface area contributed by atoms with Gasteiger partial charge >= 0.3 is 0 Å². The normalized spacial score (nSPS) is 15.3. The van der Waals surface area contributed by atoms with E-state index in [0.29, 0.717) is 12.0 Å². The zero-order valence-corrected chi connectivity index (χ0v) is 13.2. The molecule has 1 amide bonds. The maximum absolute atomic E-state index is 11.5. The second kappa shape index (κ2) is 7.46. The summed E-state index contributed by atoms with van der Waals surface area (Å²) < 4.78 is 5.43. The first-order chi connectivity index (χ1) is 10.2. The first kappa shape index (κ1) is 15.8. The van der Waals surface area contributed by atoms with E-state index in [9.17, 15) is 4.79 Å². The van der Waals surface area contributed by atoms with E-state index in [1.807, 2.05) is 19.2 Å². The van der Waals surface area contributed by atoms with Gasteiger partial charge in [-0.3, -0.25) is 4.79 Å². The Morgan fingerprint density at radius 3 is 2.62 bits per heavy atom. The number of rotatable bonds is 7. The van der Waals surface area contributed by atoms with Gasteiger partial charge in [0.25, 0.3) is 5.91 Å². The molecule has 1 aliphatic rings. The molecule has 0 aromatic heterocycles. The van der Waals surface area contributed by atoms with Gasteiger partial charge in [-0.1, -0.05) is 32.8 Å². The van der Waals surface area contributed by atoms with Gasteiger partial charge in [0.1, 0.15) is 5.75 Å². The van der Waals surface area contributed by atoms with E-state index in [4.69, 9.17) is 4.74 Å². The molecule has 0 fully saturated rings. The smallest absolute Gasteiger partial charge is 0.262 e. The Bertz CT molecular complexity index is 482. The van der Waals surface area contributed by atoms with E-state index in [-0.39, 0.29) is 12.5 Å². The van der Waals surface area contributed by atoms with Gasteiger partial charge in [0.2, 0.25) is 0 Å². The summed E-state index contributed by atoms with van der Waals surface area (Å²) in [7, 11) is 2.01. The predicted octanol–water partition coefficient (Wildman–Crippen LogP) is 3.49. The van der Waals surface area contributed by atoms with Crippen molar-refractivity contribution >= 4 is 11.6 Å². The molecule has 1 unspecified atom stereocenters. The molecular weight excluding hydrogens is 264 g/mol. The summed E-state index contributed by atoms with van der Waals surface area (Å²) in [5.74, 6) is 1.29. The molecule has 0 saturated heterocycles. The summed E-state index contributed by atoms with van der Waals surface area (Å²) >= 11 is 0. The second-order valence-corrected chi connectivity index (χ2v) is 5.70. The van der Waals surface area contributed by atoms with Crippen LogP contribution in [0, 0.1) is 5.92 Å². The molecule has 4 heteroatoms. The first-order valence-corrected chi connectivity index (χ1v) is 7.93. The molecule has 1 heterocycles. The Balaban J connectivity index is 2.25. The molecule has 0 radical (unpaired) electrons. The second-order valence-electron chi connectivity index (χ2n) is 5.70. The lowest BCUT2D eigenvalue weighted by molar-refractivity contribution is -0.118. The maximum atomic E-state index is 11.5. The van der Waals surface area contributed by atoms with Crippen molar-refractivity contribution in [1.82, 2.24) is 5.32 Å². The first-order valence-electron chi connectivity index (χ1n) is 7.93. The van der Waals surface area contributed by atoms with Gasteiger partial charge in [0, 0.05) is 6.04 Å². The van der Waals surface area contributed by atoms with E-state index in [1.54, 1.807) is 0 Å². The van der Waals surface area contributed by atoms with Crippen LogP contribution in [0.3, 0.4) is 0 Å². The number of carbonyl (C=O) groups excluding carboxylic acids is 1. The van der Waals surface area contributed by atoms with Crippen LogP contribution in [0.5, 0.6) is 5.75 Å². The van der Waals surface area contributed by atoms with Crippen LogP contribution in [0.25, 0.3) is 0 Å². The average Bonchev–Trinajstić information content (AvgIpc) is 2.48. The van der Waals surface area contributed by atoms with E-state index in [2.05, 4.69) is 30.5 Å². The highest BCUT2D eigenvalue weighted by Crippen LogP contribution is 2.35. The molecule has 0 aliphatic carbocycles. The fourth-order valence-electron chi connectivity index (χ4n) is 3.19. The van der Waals surface area contributed by atoms with Crippen LogP contribution in [0.2, 0.25) is 0 Å². The number of fused-ring (bicyclic) bond motifs is 1. The third-order valence-corrected chi connectivity index (χ3v) is 4.10. The lowest BCUT2D eigenvalue weighted by atomic mass is 9.86. The largest absolute Gasteiger partial charge is 0.482 e. The minimum Gasteiger partial charge on any atom is -0.482 e. The molecule has 0 bridgehead atoms. The van der Waals surface area contributed by atoms with Crippen LogP contribution >= 0.6 is 0 Å². The number of benzene rings is 1. The fourth-order valence-corrected chi connectivity index (χ4v) is 3.19. The van der Waals surface area contributed by atoms with Gasteiger partial charge in [-0.25, -0.2) is 0 Å². The molecule has 21 heavy (non-hydrogen) atoms. The zero-order chi connectivity index (χ0) is 15.2. The van der Waals surface area contributed by atoms with Gasteiger partial charge in [0.15, 0.2) is 6.61 Å². The number of hydrogen-bond donors (Lipinski definition) is 2. The third kappa shape index (κ3) is 3.76. The maximum Gasteiger partial charge on any atom is 0.262 e. The molecule has 2 N–H and O–H groups in total. The highest BCUT2D eigenvalue weighted by molar-refractivity contribution is 5.95. The zero-order valence-electron chi connectivity index (χ0n) is 13.2. The number of hydrogen-bond acceptors (Lipinski definition) is 3. The van der Waals surface area contributed by atoms with Crippen LogP contribution in [0.15, 0.2) is 18.2 Å². The van der Waals surface area contributed by atoms with Crippen molar-refractivity contribution in [2.75, 3.05) is 19.0 Å². The molecule has 2 rings (SSSR count). The average molecular weight is 290 g/mol. The SMILES string of the molecule is CCCC(CCC)C(NC)c1ccc2c(c1)NC(=O)CO2. The summed E-state index contributed by atoms with van der Waals surface area (Å²) in [6.07, 6.45) is 4.79. The Labute approximate surface area is 127 Å². The van der Waals surface area contributed by atoms with Crippen LogP contribution in [-0.2, 0) is 4.79 Å². The number of carbonyl (C=O) groups is 1. The number of anilines is 1. The van der Waals surface area contributed by atoms with Crippen molar-refractivity contribution in [3.63, 3.8) is 0 Å². The summed E-state index contributed by atoms with van der Waals surface area (Å²) in [5, 5.41) is 6.34. The predicted molar refractivity (Wildman–Crippen MR) is 85.7 cm³/mol. The van der Waals surface area contributed by atoms with Gasteiger partial charge < -0.3 is 15.4 Å². The number of amides is 1. The molecule has 1 aliphatic heterocycles. The van der Waals surface area contributed by atoms with E-state index >= 15 is 0 Å². The summed E-state index contributed by atoms with van der Waals surface area (Å²) in [5.41, 5.74) is 2.00. The Hall–Kier alpha value is -1.55. The van der Waals surface area contributed by atoms with Gasteiger partial charge in [-0.05, 0) is 43.5 Å². The molecular formula is C17H26N2O2. The molecule has 116 valence electrons. The number of ether oxygens (including phenoxy) is 1. The Kier molecular flexibility index (Phi) is 5.62. The van der Waals surface area contributed by atoms with E-state index in [1.165, 1.54) is 31.2 Å². The van der Waals surface area contributed by atoms with Crippen molar-refractivity contribution in [3.05, 3.63) is 23.8 Å². The van der Waals surface area contributed by atoms with Crippen LogP contribution in [0.1, 0.15) is 51.1 Å². The molecule has 1 aromatic rings. The van der Waals surface area contributed by atoms with Crippen LogP contribution < -0.4 is 15.4 Å².